The highest BCUT2D eigenvalue weighted by molar-refractivity contribution is 5.94. The first-order valence-corrected chi connectivity index (χ1v) is 14.3. The van der Waals surface area contributed by atoms with E-state index in [0.29, 0.717) is 58.2 Å². The van der Waals surface area contributed by atoms with Crippen LogP contribution in [0.1, 0.15) is 65.7 Å². The molecule has 0 bridgehead atoms. The number of aliphatic hydroxyl groups excluding tert-OH is 1. The lowest BCUT2D eigenvalue weighted by atomic mass is 10.0. The number of unbranched alkanes of at least 4 members (excludes halogenated alkanes) is 1. The molecule has 0 aromatic rings. The SMILES string of the molecule is CC(C)[C@H](N)C(=O)NCCCC[C@H](NC(=O)[C@@H]1CCCN1C(=O)[C@@H](N)CCCN=C(N)N)C(=O)N[C@H](C(=O)O)[C@@H](C)O. The summed E-state index contributed by atoms with van der Waals surface area (Å²) in [6.07, 6.45) is 1.26. The number of carboxylic acids is 1. The molecule has 0 aliphatic carbocycles. The van der Waals surface area contributed by atoms with E-state index >= 15 is 0 Å². The molecule has 16 heteroatoms. The minimum Gasteiger partial charge on any atom is -0.480 e. The molecular formula is C26H49N9O7. The summed E-state index contributed by atoms with van der Waals surface area (Å²) < 4.78 is 0. The van der Waals surface area contributed by atoms with Crippen LogP contribution in [-0.2, 0) is 24.0 Å². The van der Waals surface area contributed by atoms with E-state index in [1.165, 1.54) is 11.8 Å². The third-order valence-electron chi connectivity index (χ3n) is 7.04. The zero-order valence-corrected chi connectivity index (χ0v) is 24.8. The van der Waals surface area contributed by atoms with Crippen LogP contribution in [0, 0.1) is 5.92 Å². The Morgan fingerprint density at radius 2 is 1.64 bits per heavy atom. The van der Waals surface area contributed by atoms with Gasteiger partial charge in [-0.2, -0.15) is 0 Å². The minimum absolute atomic E-state index is 0.0364. The predicted octanol–water partition coefficient (Wildman–Crippen LogP) is -2.94. The molecule has 13 N–H and O–H groups in total. The van der Waals surface area contributed by atoms with E-state index in [2.05, 4.69) is 20.9 Å². The molecule has 0 saturated carbocycles. The van der Waals surface area contributed by atoms with Crippen LogP contribution in [0.2, 0.25) is 0 Å². The summed E-state index contributed by atoms with van der Waals surface area (Å²) in [5, 5.41) is 26.8. The zero-order chi connectivity index (χ0) is 32.0. The number of likely N-dealkylation sites (tertiary alicyclic amines) is 1. The maximum atomic E-state index is 13.3. The summed E-state index contributed by atoms with van der Waals surface area (Å²) in [6.45, 7) is 5.79. The lowest BCUT2D eigenvalue weighted by Crippen LogP contribution is -2.57. The molecule has 0 spiro atoms. The molecule has 42 heavy (non-hydrogen) atoms. The van der Waals surface area contributed by atoms with Crippen LogP contribution in [-0.4, -0.2) is 107 Å². The second-order valence-corrected chi connectivity index (χ2v) is 10.9. The van der Waals surface area contributed by atoms with Gasteiger partial charge in [0, 0.05) is 19.6 Å². The van der Waals surface area contributed by atoms with Crippen LogP contribution in [0.4, 0.5) is 0 Å². The van der Waals surface area contributed by atoms with Crippen molar-refractivity contribution in [1.29, 1.82) is 0 Å². The normalized spacial score (nSPS) is 18.4. The van der Waals surface area contributed by atoms with Crippen molar-refractivity contribution in [1.82, 2.24) is 20.9 Å². The third-order valence-corrected chi connectivity index (χ3v) is 7.04. The summed E-state index contributed by atoms with van der Waals surface area (Å²) in [4.78, 5) is 68.2. The molecule has 6 atom stereocenters. The number of nitrogens with two attached hydrogens (primary N) is 4. The average molecular weight is 600 g/mol. The molecule has 240 valence electrons. The Morgan fingerprint density at radius 3 is 2.21 bits per heavy atom. The van der Waals surface area contributed by atoms with Gasteiger partial charge in [-0.25, -0.2) is 4.79 Å². The summed E-state index contributed by atoms with van der Waals surface area (Å²) in [5.74, 6) is -3.61. The minimum atomic E-state index is -1.59. The van der Waals surface area contributed by atoms with Crippen molar-refractivity contribution >= 4 is 35.6 Å². The van der Waals surface area contributed by atoms with Crippen molar-refractivity contribution in [2.45, 2.75) is 102 Å². The van der Waals surface area contributed by atoms with E-state index in [-0.39, 0.29) is 24.2 Å². The maximum absolute atomic E-state index is 13.3. The smallest absolute Gasteiger partial charge is 0.328 e. The third kappa shape index (κ3) is 12.2. The number of aliphatic hydroxyl groups is 1. The topological polar surface area (TPSA) is 282 Å². The number of nitrogens with zero attached hydrogens (tertiary/aromatic N) is 2. The maximum Gasteiger partial charge on any atom is 0.328 e. The Kier molecular flexibility index (Phi) is 15.8. The monoisotopic (exact) mass is 599 g/mol. The van der Waals surface area contributed by atoms with E-state index in [1.807, 2.05) is 13.8 Å². The number of carbonyl (C=O) groups is 5. The van der Waals surface area contributed by atoms with Crippen LogP contribution >= 0.6 is 0 Å². The van der Waals surface area contributed by atoms with Gasteiger partial charge in [-0.3, -0.25) is 24.2 Å². The highest BCUT2D eigenvalue weighted by Gasteiger charge is 2.38. The lowest BCUT2D eigenvalue weighted by Gasteiger charge is -2.29. The van der Waals surface area contributed by atoms with E-state index in [9.17, 15) is 34.2 Å². The van der Waals surface area contributed by atoms with Gasteiger partial charge >= 0.3 is 5.97 Å². The Bertz CT molecular complexity index is 956. The number of hydrogen-bond acceptors (Lipinski definition) is 9. The molecule has 1 rings (SSSR count). The van der Waals surface area contributed by atoms with Crippen LogP contribution in [0.5, 0.6) is 0 Å². The molecule has 1 saturated heterocycles. The van der Waals surface area contributed by atoms with Crippen molar-refractivity contribution in [3.8, 4) is 0 Å². The summed E-state index contributed by atoms with van der Waals surface area (Å²) in [6, 6.07) is -5.12. The quantitative estimate of drug-likeness (QED) is 0.0436. The van der Waals surface area contributed by atoms with Crippen LogP contribution in [0.25, 0.3) is 0 Å². The molecule has 1 aliphatic rings. The van der Waals surface area contributed by atoms with Crippen LogP contribution < -0.4 is 38.9 Å². The first kappa shape index (κ1) is 36.5. The van der Waals surface area contributed by atoms with E-state index in [0.717, 1.165) is 0 Å². The summed E-state index contributed by atoms with van der Waals surface area (Å²) in [7, 11) is 0. The Labute approximate surface area is 246 Å². The lowest BCUT2D eigenvalue weighted by molar-refractivity contribution is -0.145. The Balaban J connectivity index is 2.88. The average Bonchev–Trinajstić information content (AvgIpc) is 3.41. The molecule has 1 heterocycles. The van der Waals surface area contributed by atoms with Crippen molar-refractivity contribution in [3.63, 3.8) is 0 Å². The van der Waals surface area contributed by atoms with Gasteiger partial charge in [0.05, 0.1) is 18.2 Å². The predicted molar refractivity (Wildman–Crippen MR) is 155 cm³/mol. The molecule has 1 aliphatic heterocycles. The van der Waals surface area contributed by atoms with Gasteiger partial charge in [-0.1, -0.05) is 13.8 Å². The van der Waals surface area contributed by atoms with Gasteiger partial charge in [-0.05, 0) is 57.8 Å². The number of guanidine groups is 1. The molecule has 0 unspecified atom stereocenters. The van der Waals surface area contributed by atoms with Crippen molar-refractivity contribution in [3.05, 3.63) is 0 Å². The molecule has 16 nitrogen and oxygen atoms in total. The van der Waals surface area contributed by atoms with Gasteiger partial charge in [0.15, 0.2) is 12.0 Å². The van der Waals surface area contributed by atoms with Gasteiger partial charge in [0.25, 0.3) is 0 Å². The number of rotatable bonds is 18. The van der Waals surface area contributed by atoms with Gasteiger partial charge in [0.2, 0.25) is 23.6 Å². The fourth-order valence-electron chi connectivity index (χ4n) is 4.44. The second kappa shape index (κ2) is 18.1. The fourth-order valence-corrected chi connectivity index (χ4v) is 4.44. The van der Waals surface area contributed by atoms with Crippen LogP contribution in [0.15, 0.2) is 4.99 Å². The molecule has 4 amide bonds. The molecular weight excluding hydrogens is 550 g/mol. The Morgan fingerprint density at radius 1 is 0.976 bits per heavy atom. The first-order valence-electron chi connectivity index (χ1n) is 14.3. The molecule has 1 fully saturated rings. The highest BCUT2D eigenvalue weighted by atomic mass is 16.4. The van der Waals surface area contributed by atoms with Crippen molar-refractivity contribution in [2.75, 3.05) is 19.6 Å². The second-order valence-electron chi connectivity index (χ2n) is 10.9. The molecule has 0 aromatic heterocycles. The first-order chi connectivity index (χ1) is 19.7. The van der Waals surface area contributed by atoms with Gasteiger partial charge < -0.3 is 54.0 Å². The summed E-state index contributed by atoms with van der Waals surface area (Å²) in [5.41, 5.74) is 22.5. The van der Waals surface area contributed by atoms with Crippen molar-refractivity contribution in [2.24, 2.45) is 33.8 Å². The molecule has 0 aromatic carbocycles. The van der Waals surface area contributed by atoms with E-state index in [4.69, 9.17) is 22.9 Å². The van der Waals surface area contributed by atoms with Gasteiger partial charge in [-0.15, -0.1) is 0 Å². The number of carboxylic acid groups (broad SMARTS) is 1. The number of aliphatic imine (C=N–C) groups is 1. The fraction of sp³-hybridized carbons (Fsp3) is 0.769. The number of nitrogens with one attached hydrogen (secondary N) is 3. The number of aliphatic carboxylic acids is 1. The number of hydrogen-bond donors (Lipinski definition) is 9. The zero-order valence-electron chi connectivity index (χ0n) is 24.8. The molecule has 0 radical (unpaired) electrons. The highest BCUT2D eigenvalue weighted by Crippen LogP contribution is 2.20. The van der Waals surface area contributed by atoms with Crippen LogP contribution in [0.3, 0.4) is 0 Å². The summed E-state index contributed by atoms with van der Waals surface area (Å²) >= 11 is 0. The van der Waals surface area contributed by atoms with E-state index in [1.54, 1.807) is 0 Å². The largest absolute Gasteiger partial charge is 0.480 e. The standard InChI is InChI=1S/C26H49N9O7/c1-14(2)19(28)23(39)31-11-5-4-9-17(21(37)34-20(15(3)36)25(41)42)33-22(38)18-10-7-13-35(18)24(40)16(27)8-6-12-32-26(29)30/h14-20,36H,4-13,27-28H2,1-3H3,(H,31,39)(H,33,38)(H,34,37)(H,41,42)(H4,29,30,32)/t15-,16+,17+,18+,19+,20+/m1/s1. The Hall–Kier alpha value is -3.50. The number of carbonyl (C=O) groups excluding carboxylic acids is 4. The number of amides is 4. The van der Waals surface area contributed by atoms with Crippen molar-refractivity contribution < 1.29 is 34.2 Å². The van der Waals surface area contributed by atoms with Gasteiger partial charge in [0.1, 0.15) is 12.1 Å². The van der Waals surface area contributed by atoms with E-state index < -0.39 is 60.0 Å².